The highest BCUT2D eigenvalue weighted by atomic mass is 16.6. The Bertz CT molecular complexity index is 761. The molecule has 0 radical (unpaired) electrons. The van der Waals surface area contributed by atoms with Gasteiger partial charge in [-0.25, -0.2) is 4.79 Å². The highest BCUT2D eigenvalue weighted by Crippen LogP contribution is 2.25. The third-order valence-electron chi connectivity index (χ3n) is 5.21. The first-order chi connectivity index (χ1) is 15.2. The van der Waals surface area contributed by atoms with E-state index in [9.17, 15) is 19.5 Å². The fraction of sp³-hybridized carbons (Fsp3) is 0.667. The van der Waals surface area contributed by atoms with Crippen LogP contribution in [0.25, 0.3) is 0 Å². The lowest BCUT2D eigenvalue weighted by Gasteiger charge is -2.27. The van der Waals surface area contributed by atoms with E-state index in [4.69, 9.17) is 4.74 Å². The van der Waals surface area contributed by atoms with Crippen LogP contribution in [0.1, 0.15) is 86.1 Å². The van der Waals surface area contributed by atoms with Crippen LogP contribution >= 0.6 is 0 Å². The number of benzene rings is 1. The summed E-state index contributed by atoms with van der Waals surface area (Å²) in [6.45, 7) is 13.2. The number of aliphatic hydroxyl groups excluding tert-OH is 1. The van der Waals surface area contributed by atoms with Crippen molar-refractivity contribution in [1.82, 2.24) is 5.32 Å². The van der Waals surface area contributed by atoms with Crippen molar-refractivity contribution in [3.05, 3.63) is 35.9 Å². The van der Waals surface area contributed by atoms with Gasteiger partial charge in [0.25, 0.3) is 0 Å². The SMILES string of the molecule is CCCC[C@H](NC(=O)OC(C)(C)C)C(=O)CC(Cc1ccccc1)C(O)C(=O)CC(C)(C)C. The number of aliphatic hydroxyl groups is 1. The monoisotopic (exact) mass is 461 g/mol. The zero-order chi connectivity index (χ0) is 25.2. The maximum atomic E-state index is 13.3. The average Bonchev–Trinajstić information content (AvgIpc) is 2.68. The summed E-state index contributed by atoms with van der Waals surface area (Å²) >= 11 is 0. The van der Waals surface area contributed by atoms with Crippen molar-refractivity contribution in [2.75, 3.05) is 0 Å². The van der Waals surface area contributed by atoms with Gasteiger partial charge in [0.2, 0.25) is 0 Å². The van der Waals surface area contributed by atoms with Crippen molar-refractivity contribution >= 4 is 17.7 Å². The number of carbonyl (C=O) groups excluding carboxylic acids is 3. The molecule has 1 aromatic carbocycles. The molecular weight excluding hydrogens is 418 g/mol. The van der Waals surface area contributed by atoms with E-state index in [0.717, 1.165) is 18.4 Å². The summed E-state index contributed by atoms with van der Waals surface area (Å²) in [4.78, 5) is 38.4. The molecule has 2 N–H and O–H groups in total. The number of unbranched alkanes of at least 4 members (excludes halogenated alkanes) is 1. The van der Waals surface area contributed by atoms with Crippen molar-refractivity contribution in [2.45, 2.75) is 105 Å². The van der Waals surface area contributed by atoms with Gasteiger partial charge in [0.15, 0.2) is 11.6 Å². The molecule has 3 atom stereocenters. The second kappa shape index (κ2) is 12.9. The third kappa shape index (κ3) is 12.0. The summed E-state index contributed by atoms with van der Waals surface area (Å²) in [6, 6.07) is 8.81. The number of ether oxygens (including phenoxy) is 1. The minimum absolute atomic E-state index is 0.00385. The second-order valence-electron chi connectivity index (χ2n) is 11.1. The molecule has 0 bridgehead atoms. The summed E-state index contributed by atoms with van der Waals surface area (Å²) < 4.78 is 5.33. The molecule has 0 saturated carbocycles. The molecule has 0 spiro atoms. The first kappa shape index (κ1) is 28.8. The molecule has 6 heteroatoms. The van der Waals surface area contributed by atoms with Crippen LogP contribution in [0.15, 0.2) is 30.3 Å². The van der Waals surface area contributed by atoms with E-state index in [0.29, 0.717) is 12.8 Å². The summed E-state index contributed by atoms with van der Waals surface area (Å²) in [5.74, 6) is -1.03. The highest BCUT2D eigenvalue weighted by molar-refractivity contribution is 5.89. The van der Waals surface area contributed by atoms with Crippen LogP contribution in [0, 0.1) is 11.3 Å². The van der Waals surface area contributed by atoms with Crippen LogP contribution in [-0.2, 0) is 20.7 Å². The lowest BCUT2D eigenvalue weighted by Crippen LogP contribution is -2.45. The van der Waals surface area contributed by atoms with Crippen LogP contribution < -0.4 is 5.32 Å². The van der Waals surface area contributed by atoms with Gasteiger partial charge in [-0.3, -0.25) is 9.59 Å². The second-order valence-corrected chi connectivity index (χ2v) is 11.1. The average molecular weight is 462 g/mol. The lowest BCUT2D eigenvalue weighted by molar-refractivity contribution is -0.133. The Hall–Kier alpha value is -2.21. The summed E-state index contributed by atoms with van der Waals surface area (Å²) in [7, 11) is 0. The van der Waals surface area contributed by atoms with Gasteiger partial charge in [0.1, 0.15) is 11.7 Å². The Morgan fingerprint density at radius 1 is 1.00 bits per heavy atom. The molecule has 0 aromatic heterocycles. The van der Waals surface area contributed by atoms with E-state index in [-0.39, 0.29) is 29.8 Å². The Morgan fingerprint density at radius 2 is 1.61 bits per heavy atom. The van der Waals surface area contributed by atoms with Gasteiger partial charge in [0.05, 0.1) is 6.04 Å². The number of hydrogen-bond acceptors (Lipinski definition) is 5. The first-order valence-corrected chi connectivity index (χ1v) is 12.0. The molecule has 186 valence electrons. The molecule has 0 aliphatic carbocycles. The van der Waals surface area contributed by atoms with Gasteiger partial charge < -0.3 is 15.2 Å². The van der Waals surface area contributed by atoms with Crippen LogP contribution in [0.2, 0.25) is 0 Å². The standard InChI is InChI=1S/C27H43NO5/c1-8-9-15-21(28-25(32)33-27(5,6)7)22(29)17-20(16-19-13-11-10-12-14-19)24(31)23(30)18-26(2,3)4/h10-14,20-21,24,31H,8-9,15-18H2,1-7H3,(H,28,32)/t20?,21-,24?/m0/s1. The number of Topliss-reactive ketones (excluding diaryl/α,β-unsaturated/α-hetero) is 2. The van der Waals surface area contributed by atoms with E-state index < -0.39 is 29.8 Å². The molecule has 2 unspecified atom stereocenters. The van der Waals surface area contributed by atoms with Gasteiger partial charge >= 0.3 is 6.09 Å². The molecule has 0 fully saturated rings. The number of carbonyl (C=O) groups is 3. The molecule has 6 nitrogen and oxygen atoms in total. The number of hydrogen-bond donors (Lipinski definition) is 2. The van der Waals surface area contributed by atoms with Gasteiger partial charge in [-0.1, -0.05) is 70.9 Å². The smallest absolute Gasteiger partial charge is 0.408 e. The number of alkyl carbamates (subject to hydrolysis) is 1. The highest BCUT2D eigenvalue weighted by Gasteiger charge is 2.33. The fourth-order valence-corrected chi connectivity index (χ4v) is 3.67. The molecular formula is C27H43NO5. The Balaban J connectivity index is 3.05. The minimum Gasteiger partial charge on any atom is -0.444 e. The molecule has 0 aliphatic heterocycles. The lowest BCUT2D eigenvalue weighted by atomic mass is 9.81. The van der Waals surface area contributed by atoms with Crippen molar-refractivity contribution in [3.8, 4) is 0 Å². The molecule has 0 aliphatic rings. The summed E-state index contributed by atoms with van der Waals surface area (Å²) in [6.07, 6.45) is 0.859. The quantitative estimate of drug-likeness (QED) is 0.443. The normalized spacial score (nSPS) is 14.8. The van der Waals surface area contributed by atoms with Crippen LogP contribution in [0.3, 0.4) is 0 Å². The predicted molar refractivity (Wildman–Crippen MR) is 131 cm³/mol. The fourth-order valence-electron chi connectivity index (χ4n) is 3.67. The predicted octanol–water partition coefficient (Wildman–Crippen LogP) is 5.25. The molecule has 1 amide bonds. The van der Waals surface area contributed by atoms with Gasteiger partial charge in [-0.2, -0.15) is 0 Å². The maximum absolute atomic E-state index is 13.3. The summed E-state index contributed by atoms with van der Waals surface area (Å²) in [5, 5.41) is 13.6. The third-order valence-corrected chi connectivity index (χ3v) is 5.21. The minimum atomic E-state index is -1.25. The zero-order valence-electron chi connectivity index (χ0n) is 21.4. The molecule has 1 aromatic rings. The number of ketones is 2. The number of amides is 1. The van der Waals surface area contributed by atoms with Crippen LogP contribution in [-0.4, -0.2) is 40.5 Å². The van der Waals surface area contributed by atoms with Crippen molar-refractivity contribution in [3.63, 3.8) is 0 Å². The Kier molecular flexibility index (Phi) is 11.2. The number of rotatable bonds is 12. The van der Waals surface area contributed by atoms with E-state index in [2.05, 4.69) is 5.32 Å². The van der Waals surface area contributed by atoms with E-state index >= 15 is 0 Å². The van der Waals surface area contributed by atoms with Gasteiger partial charge in [-0.15, -0.1) is 0 Å². The van der Waals surface area contributed by atoms with E-state index in [1.807, 2.05) is 58.0 Å². The van der Waals surface area contributed by atoms with Crippen LogP contribution in [0.5, 0.6) is 0 Å². The zero-order valence-corrected chi connectivity index (χ0v) is 21.4. The van der Waals surface area contributed by atoms with E-state index in [1.54, 1.807) is 20.8 Å². The molecule has 0 saturated heterocycles. The maximum Gasteiger partial charge on any atom is 0.408 e. The van der Waals surface area contributed by atoms with Crippen molar-refractivity contribution < 1.29 is 24.2 Å². The topological polar surface area (TPSA) is 92.7 Å². The van der Waals surface area contributed by atoms with Crippen molar-refractivity contribution in [2.24, 2.45) is 11.3 Å². The Morgan fingerprint density at radius 3 is 2.12 bits per heavy atom. The Labute approximate surface area is 199 Å². The molecule has 0 heterocycles. The van der Waals surface area contributed by atoms with Crippen molar-refractivity contribution in [1.29, 1.82) is 0 Å². The first-order valence-electron chi connectivity index (χ1n) is 12.0. The van der Waals surface area contributed by atoms with Gasteiger partial charge in [0, 0.05) is 18.8 Å². The molecule has 1 rings (SSSR count). The molecule has 33 heavy (non-hydrogen) atoms. The number of nitrogens with one attached hydrogen (secondary N) is 1. The van der Waals surface area contributed by atoms with E-state index in [1.165, 1.54) is 0 Å². The van der Waals surface area contributed by atoms with Crippen LogP contribution in [0.4, 0.5) is 4.79 Å². The van der Waals surface area contributed by atoms with Gasteiger partial charge in [-0.05, 0) is 44.6 Å². The summed E-state index contributed by atoms with van der Waals surface area (Å²) in [5.41, 5.74) is 0.0120. The largest absolute Gasteiger partial charge is 0.444 e.